The minimum Gasteiger partial charge on any atom is -0.366 e. The molecule has 3 aromatic rings. The van der Waals surface area contributed by atoms with Crippen LogP contribution in [0.4, 0.5) is 15.9 Å². The lowest BCUT2D eigenvalue weighted by molar-refractivity contribution is 0.0956. The Hall–Kier alpha value is -3.13. The molecule has 4 rings (SSSR count). The second-order valence-corrected chi connectivity index (χ2v) is 9.07. The molecule has 1 saturated heterocycles. The standard InChI is InChI=1S/C26H30FN5OS/c1-3-21-17-24(32-15-13-31(14-16-32)23-8-6-5-7-22(23)27)30-26(29-21)34-18-19-9-11-20(12-10-19)25(33)28-4-2/h5-12,17H,3-4,13-16,18H2,1-2H3,(H,28,33). The molecule has 2 aromatic carbocycles. The number of hydrogen-bond donors (Lipinski definition) is 1. The molecular weight excluding hydrogens is 449 g/mol. The van der Waals surface area contributed by atoms with E-state index in [0.717, 1.165) is 60.6 Å². The van der Waals surface area contributed by atoms with Gasteiger partial charge in [0.15, 0.2) is 5.16 Å². The van der Waals surface area contributed by atoms with E-state index in [1.807, 2.05) is 43.3 Å². The first-order chi connectivity index (χ1) is 16.6. The largest absolute Gasteiger partial charge is 0.366 e. The van der Waals surface area contributed by atoms with Gasteiger partial charge < -0.3 is 15.1 Å². The second kappa shape index (κ2) is 11.3. The van der Waals surface area contributed by atoms with Crippen LogP contribution in [0.15, 0.2) is 59.8 Å². The third-order valence-corrected chi connectivity index (χ3v) is 6.74. The molecule has 0 atom stereocenters. The number of rotatable bonds is 8. The van der Waals surface area contributed by atoms with E-state index >= 15 is 0 Å². The van der Waals surface area contributed by atoms with Gasteiger partial charge in [-0.25, -0.2) is 14.4 Å². The lowest BCUT2D eigenvalue weighted by atomic mass is 10.1. The molecule has 6 nitrogen and oxygen atoms in total. The summed E-state index contributed by atoms with van der Waals surface area (Å²) < 4.78 is 14.2. The monoisotopic (exact) mass is 479 g/mol. The number of nitrogens with one attached hydrogen (secondary N) is 1. The van der Waals surface area contributed by atoms with Crippen molar-refractivity contribution in [2.75, 3.05) is 42.5 Å². The van der Waals surface area contributed by atoms with E-state index in [1.165, 1.54) is 6.07 Å². The Labute approximate surface area is 204 Å². The number of hydrogen-bond acceptors (Lipinski definition) is 6. The van der Waals surface area contributed by atoms with Crippen molar-refractivity contribution >= 4 is 29.2 Å². The fourth-order valence-corrected chi connectivity index (χ4v) is 4.74. The summed E-state index contributed by atoms with van der Waals surface area (Å²) in [6, 6.07) is 16.7. The van der Waals surface area contributed by atoms with Gasteiger partial charge in [-0.2, -0.15) is 0 Å². The number of carbonyl (C=O) groups excluding carboxylic acids is 1. The van der Waals surface area contributed by atoms with Crippen LogP contribution in [0.25, 0.3) is 0 Å². The van der Waals surface area contributed by atoms with Crippen molar-refractivity contribution in [2.24, 2.45) is 0 Å². The maximum atomic E-state index is 14.2. The van der Waals surface area contributed by atoms with E-state index in [0.29, 0.717) is 17.8 Å². The van der Waals surface area contributed by atoms with E-state index < -0.39 is 0 Å². The Morgan fingerprint density at radius 1 is 1.00 bits per heavy atom. The van der Waals surface area contributed by atoms with Crippen LogP contribution >= 0.6 is 11.8 Å². The third-order valence-electron chi connectivity index (χ3n) is 5.83. The number of anilines is 2. The first kappa shape index (κ1) is 24.0. The van der Waals surface area contributed by atoms with E-state index in [2.05, 4.69) is 28.1 Å². The van der Waals surface area contributed by atoms with Gasteiger partial charge in [0.1, 0.15) is 11.6 Å². The van der Waals surface area contributed by atoms with Gasteiger partial charge in [0, 0.05) is 55.8 Å². The molecule has 1 fully saturated rings. The summed E-state index contributed by atoms with van der Waals surface area (Å²) in [6.07, 6.45) is 0.833. The number of piperazine rings is 1. The van der Waals surface area contributed by atoms with Crippen LogP contribution in [0.2, 0.25) is 0 Å². The van der Waals surface area contributed by atoms with Crippen LogP contribution in [0.3, 0.4) is 0 Å². The average molecular weight is 480 g/mol. The molecule has 34 heavy (non-hydrogen) atoms. The van der Waals surface area contributed by atoms with Crippen LogP contribution in [-0.4, -0.2) is 48.6 Å². The number of aryl methyl sites for hydroxylation is 1. The summed E-state index contributed by atoms with van der Waals surface area (Å²) >= 11 is 1.60. The van der Waals surface area contributed by atoms with E-state index in [9.17, 15) is 9.18 Å². The highest BCUT2D eigenvalue weighted by Gasteiger charge is 2.21. The molecule has 1 aromatic heterocycles. The molecule has 0 radical (unpaired) electrons. The maximum Gasteiger partial charge on any atom is 0.251 e. The van der Waals surface area contributed by atoms with Crippen LogP contribution < -0.4 is 15.1 Å². The van der Waals surface area contributed by atoms with Crippen LogP contribution in [-0.2, 0) is 12.2 Å². The van der Waals surface area contributed by atoms with Crippen LogP contribution in [0, 0.1) is 5.82 Å². The molecule has 178 valence electrons. The summed E-state index contributed by atoms with van der Waals surface area (Å²) in [5.41, 5.74) is 3.45. The average Bonchev–Trinajstić information content (AvgIpc) is 2.88. The third kappa shape index (κ3) is 5.86. The first-order valence-electron chi connectivity index (χ1n) is 11.7. The molecule has 0 saturated carbocycles. The van der Waals surface area contributed by atoms with Crippen LogP contribution in [0.1, 0.15) is 35.5 Å². The molecule has 1 N–H and O–H groups in total. The van der Waals surface area contributed by atoms with Crippen molar-refractivity contribution in [1.82, 2.24) is 15.3 Å². The van der Waals surface area contributed by atoms with Gasteiger partial charge in [0.2, 0.25) is 0 Å². The second-order valence-electron chi connectivity index (χ2n) is 8.12. The number of carbonyl (C=O) groups is 1. The molecule has 1 aliphatic heterocycles. The van der Waals surface area contributed by atoms with Gasteiger partial charge in [-0.15, -0.1) is 0 Å². The minimum absolute atomic E-state index is 0.0552. The van der Waals surface area contributed by atoms with E-state index in [1.54, 1.807) is 17.8 Å². The Kier molecular flexibility index (Phi) is 8.00. The predicted octanol–water partition coefficient (Wildman–Crippen LogP) is 4.55. The maximum absolute atomic E-state index is 14.2. The summed E-state index contributed by atoms with van der Waals surface area (Å²) in [5, 5.41) is 3.56. The Balaban J connectivity index is 1.40. The summed E-state index contributed by atoms with van der Waals surface area (Å²) in [4.78, 5) is 25.8. The zero-order chi connectivity index (χ0) is 23.9. The van der Waals surface area contributed by atoms with E-state index in [-0.39, 0.29) is 11.7 Å². The molecule has 0 bridgehead atoms. The Bertz CT molecular complexity index is 1120. The number of halogens is 1. The van der Waals surface area contributed by atoms with Gasteiger partial charge in [0.05, 0.1) is 5.69 Å². The van der Waals surface area contributed by atoms with Crippen molar-refractivity contribution in [3.8, 4) is 0 Å². The molecule has 2 heterocycles. The molecule has 0 spiro atoms. The number of benzene rings is 2. The zero-order valence-corrected chi connectivity index (χ0v) is 20.4. The van der Waals surface area contributed by atoms with Crippen molar-refractivity contribution in [1.29, 1.82) is 0 Å². The Morgan fingerprint density at radius 2 is 1.71 bits per heavy atom. The number of para-hydroxylation sites is 1. The van der Waals surface area contributed by atoms with Gasteiger partial charge >= 0.3 is 0 Å². The highest BCUT2D eigenvalue weighted by atomic mass is 32.2. The zero-order valence-electron chi connectivity index (χ0n) is 19.6. The van der Waals surface area contributed by atoms with Crippen molar-refractivity contribution in [3.63, 3.8) is 0 Å². The summed E-state index contributed by atoms with van der Waals surface area (Å²) in [7, 11) is 0. The molecular formula is C26H30FN5OS. The van der Waals surface area contributed by atoms with Gasteiger partial charge in [-0.1, -0.05) is 43.0 Å². The predicted molar refractivity (Wildman–Crippen MR) is 136 cm³/mol. The molecule has 0 unspecified atom stereocenters. The minimum atomic E-state index is -0.177. The number of thioether (sulfide) groups is 1. The SMILES string of the molecule is CCNC(=O)c1ccc(CSc2nc(CC)cc(N3CCN(c4ccccc4F)CC3)n2)cc1. The number of aromatic nitrogens is 2. The molecule has 1 amide bonds. The fourth-order valence-electron chi connectivity index (χ4n) is 3.91. The van der Waals surface area contributed by atoms with Crippen LogP contribution in [0.5, 0.6) is 0 Å². The van der Waals surface area contributed by atoms with Crippen molar-refractivity contribution in [2.45, 2.75) is 31.2 Å². The fraction of sp³-hybridized carbons (Fsp3) is 0.346. The normalized spacial score (nSPS) is 13.7. The number of nitrogens with zero attached hydrogens (tertiary/aromatic N) is 4. The van der Waals surface area contributed by atoms with E-state index in [4.69, 9.17) is 9.97 Å². The Morgan fingerprint density at radius 3 is 2.38 bits per heavy atom. The first-order valence-corrected chi connectivity index (χ1v) is 12.7. The van der Waals surface area contributed by atoms with Crippen molar-refractivity contribution < 1.29 is 9.18 Å². The molecule has 8 heteroatoms. The number of amides is 1. The highest BCUT2D eigenvalue weighted by Crippen LogP contribution is 2.26. The quantitative estimate of drug-likeness (QED) is 0.378. The van der Waals surface area contributed by atoms with Gasteiger partial charge in [0.25, 0.3) is 5.91 Å². The van der Waals surface area contributed by atoms with Crippen molar-refractivity contribution in [3.05, 3.63) is 77.2 Å². The summed E-state index contributed by atoms with van der Waals surface area (Å²) in [6.45, 7) is 7.66. The van der Waals surface area contributed by atoms with Gasteiger partial charge in [-0.05, 0) is 43.2 Å². The van der Waals surface area contributed by atoms with Gasteiger partial charge in [-0.3, -0.25) is 4.79 Å². The smallest absolute Gasteiger partial charge is 0.251 e. The summed E-state index contributed by atoms with van der Waals surface area (Å²) in [5.74, 6) is 1.42. The molecule has 0 aliphatic carbocycles. The lowest BCUT2D eigenvalue weighted by Crippen LogP contribution is -2.47. The molecule has 1 aliphatic rings. The highest BCUT2D eigenvalue weighted by molar-refractivity contribution is 7.98. The topological polar surface area (TPSA) is 61.4 Å². The lowest BCUT2D eigenvalue weighted by Gasteiger charge is -2.37.